The van der Waals surface area contributed by atoms with Crippen molar-refractivity contribution in [2.24, 2.45) is 0 Å². The normalized spacial score (nSPS) is 10.5. The van der Waals surface area contributed by atoms with Gasteiger partial charge in [-0.2, -0.15) is 0 Å². The Kier molecular flexibility index (Phi) is 4.46. The number of hydrogen-bond acceptors (Lipinski definition) is 1. The van der Waals surface area contributed by atoms with Gasteiger partial charge in [-0.1, -0.05) is 24.3 Å². The van der Waals surface area contributed by atoms with Gasteiger partial charge in [0.1, 0.15) is 5.82 Å². The van der Waals surface area contributed by atoms with Crippen molar-refractivity contribution in [3.05, 3.63) is 65.5 Å². The summed E-state index contributed by atoms with van der Waals surface area (Å²) in [4.78, 5) is 1.17. The van der Waals surface area contributed by atoms with E-state index >= 15 is 0 Å². The van der Waals surface area contributed by atoms with E-state index in [-0.39, 0.29) is 5.82 Å². The number of alkyl halides is 1. The van der Waals surface area contributed by atoms with Gasteiger partial charge in [-0.05, 0) is 35.4 Å². The van der Waals surface area contributed by atoms with Crippen LogP contribution in [0.1, 0.15) is 11.1 Å². The fourth-order valence-electron chi connectivity index (χ4n) is 1.47. The van der Waals surface area contributed by atoms with Crippen LogP contribution in [0.5, 0.6) is 0 Å². The molecule has 0 saturated carbocycles. The number of rotatable bonds is 4. The third-order valence-corrected chi connectivity index (χ3v) is 3.76. The maximum absolute atomic E-state index is 13.0. The maximum Gasteiger partial charge on any atom is 0.123 e. The summed E-state index contributed by atoms with van der Waals surface area (Å²) in [5, 5.41) is 0. The number of halogens is 2. The summed E-state index contributed by atoms with van der Waals surface area (Å²) in [5.74, 6) is 1.13. The van der Waals surface area contributed by atoms with Gasteiger partial charge in [0, 0.05) is 16.5 Å². The van der Waals surface area contributed by atoms with E-state index in [1.165, 1.54) is 11.0 Å². The van der Waals surface area contributed by atoms with E-state index in [2.05, 4.69) is 0 Å². The predicted octanol–water partition coefficient (Wildman–Crippen LogP) is 4.86. The lowest BCUT2D eigenvalue weighted by Gasteiger charge is -2.03. The van der Waals surface area contributed by atoms with Crippen LogP contribution in [0.4, 0.5) is 4.39 Å². The minimum absolute atomic E-state index is 0.180. The van der Waals surface area contributed by atoms with Gasteiger partial charge in [0.2, 0.25) is 0 Å². The first-order valence-corrected chi connectivity index (χ1v) is 6.82. The first-order valence-electron chi connectivity index (χ1n) is 5.30. The summed E-state index contributed by atoms with van der Waals surface area (Å²) < 4.78 is 13.0. The molecule has 0 amide bonds. The first-order chi connectivity index (χ1) is 8.28. The molecule has 17 heavy (non-hydrogen) atoms. The third-order valence-electron chi connectivity index (χ3n) is 2.37. The van der Waals surface area contributed by atoms with E-state index < -0.39 is 0 Å². The number of benzene rings is 2. The number of thioether (sulfide) groups is 1. The zero-order valence-electron chi connectivity index (χ0n) is 9.20. The van der Waals surface area contributed by atoms with Crippen LogP contribution in [-0.2, 0) is 11.6 Å². The Labute approximate surface area is 110 Å². The SMILES string of the molecule is Fc1cccc(CSc2ccc(CCl)cc2)c1. The minimum atomic E-state index is -0.180. The number of hydrogen-bond donors (Lipinski definition) is 0. The average molecular weight is 267 g/mol. The third kappa shape index (κ3) is 3.76. The van der Waals surface area contributed by atoms with E-state index in [4.69, 9.17) is 11.6 Å². The van der Waals surface area contributed by atoms with Gasteiger partial charge in [-0.3, -0.25) is 0 Å². The molecule has 2 aromatic carbocycles. The lowest BCUT2D eigenvalue weighted by atomic mass is 10.2. The van der Waals surface area contributed by atoms with Crippen molar-refractivity contribution in [3.63, 3.8) is 0 Å². The van der Waals surface area contributed by atoms with Crippen molar-refractivity contribution in [3.8, 4) is 0 Å². The average Bonchev–Trinajstić information content (AvgIpc) is 2.37. The molecule has 2 aromatic rings. The molecule has 0 radical (unpaired) electrons. The Balaban J connectivity index is 1.97. The zero-order valence-corrected chi connectivity index (χ0v) is 10.8. The molecule has 88 valence electrons. The summed E-state index contributed by atoms with van der Waals surface area (Å²) >= 11 is 7.41. The summed E-state index contributed by atoms with van der Waals surface area (Å²) in [7, 11) is 0. The Morgan fingerprint density at radius 1 is 1.00 bits per heavy atom. The maximum atomic E-state index is 13.0. The molecule has 0 spiro atoms. The highest BCUT2D eigenvalue weighted by Gasteiger charge is 1.98. The van der Waals surface area contributed by atoms with E-state index in [1.54, 1.807) is 23.9 Å². The van der Waals surface area contributed by atoms with Crippen LogP contribution in [0.3, 0.4) is 0 Å². The summed E-state index contributed by atoms with van der Waals surface area (Å²) in [6.07, 6.45) is 0. The molecule has 0 unspecified atom stereocenters. The first kappa shape index (κ1) is 12.5. The van der Waals surface area contributed by atoms with E-state index in [9.17, 15) is 4.39 Å². The standard InChI is InChI=1S/C14H12ClFS/c15-9-11-4-6-14(7-5-11)17-10-12-2-1-3-13(16)8-12/h1-8H,9-10H2. The van der Waals surface area contributed by atoms with E-state index in [0.717, 1.165) is 16.9 Å². The quantitative estimate of drug-likeness (QED) is 0.563. The van der Waals surface area contributed by atoms with Crippen molar-refractivity contribution >= 4 is 23.4 Å². The highest BCUT2D eigenvalue weighted by molar-refractivity contribution is 7.98. The summed E-state index contributed by atoms with van der Waals surface area (Å²) in [6, 6.07) is 14.8. The molecule has 0 fully saturated rings. The Hall–Kier alpha value is -0.990. The van der Waals surface area contributed by atoms with Gasteiger partial charge in [-0.25, -0.2) is 4.39 Å². The van der Waals surface area contributed by atoms with Crippen LogP contribution in [0.2, 0.25) is 0 Å². The molecule has 0 N–H and O–H groups in total. The van der Waals surface area contributed by atoms with Crippen molar-refractivity contribution in [2.75, 3.05) is 0 Å². The highest BCUT2D eigenvalue weighted by Crippen LogP contribution is 2.23. The summed E-state index contributed by atoms with van der Waals surface area (Å²) in [6.45, 7) is 0. The highest BCUT2D eigenvalue weighted by atomic mass is 35.5. The minimum Gasteiger partial charge on any atom is -0.207 e. The molecule has 0 atom stereocenters. The van der Waals surface area contributed by atoms with E-state index in [0.29, 0.717) is 5.88 Å². The summed E-state index contributed by atoms with van der Waals surface area (Å²) in [5.41, 5.74) is 2.11. The largest absolute Gasteiger partial charge is 0.207 e. The van der Waals surface area contributed by atoms with Gasteiger partial charge in [-0.15, -0.1) is 23.4 Å². The second-order valence-corrected chi connectivity index (χ2v) is 5.01. The van der Waals surface area contributed by atoms with Crippen LogP contribution in [0.15, 0.2) is 53.4 Å². The van der Waals surface area contributed by atoms with Gasteiger partial charge in [0.25, 0.3) is 0 Å². The zero-order chi connectivity index (χ0) is 12.1. The van der Waals surface area contributed by atoms with Crippen LogP contribution < -0.4 is 0 Å². The monoisotopic (exact) mass is 266 g/mol. The smallest absolute Gasteiger partial charge is 0.123 e. The molecule has 0 nitrogen and oxygen atoms in total. The lowest BCUT2D eigenvalue weighted by molar-refractivity contribution is 0.626. The van der Waals surface area contributed by atoms with Crippen LogP contribution >= 0.6 is 23.4 Å². The Morgan fingerprint density at radius 3 is 2.41 bits per heavy atom. The molecule has 0 aliphatic rings. The van der Waals surface area contributed by atoms with Crippen molar-refractivity contribution in [2.45, 2.75) is 16.5 Å². The van der Waals surface area contributed by atoms with Crippen LogP contribution in [0.25, 0.3) is 0 Å². The molecule has 0 saturated heterocycles. The van der Waals surface area contributed by atoms with Crippen molar-refractivity contribution < 1.29 is 4.39 Å². The molecule has 0 aromatic heterocycles. The van der Waals surface area contributed by atoms with Crippen LogP contribution in [0, 0.1) is 5.82 Å². The lowest BCUT2D eigenvalue weighted by Crippen LogP contribution is -1.83. The molecule has 0 aliphatic carbocycles. The molecule has 3 heteroatoms. The molecular formula is C14H12ClFS. The van der Waals surface area contributed by atoms with Crippen molar-refractivity contribution in [1.29, 1.82) is 0 Å². The van der Waals surface area contributed by atoms with Crippen molar-refractivity contribution in [1.82, 2.24) is 0 Å². The second kappa shape index (κ2) is 6.08. The molecular weight excluding hydrogens is 255 g/mol. The topological polar surface area (TPSA) is 0 Å². The molecule has 2 rings (SSSR count). The van der Waals surface area contributed by atoms with Gasteiger partial charge >= 0.3 is 0 Å². The fourth-order valence-corrected chi connectivity index (χ4v) is 2.49. The van der Waals surface area contributed by atoms with Gasteiger partial charge in [0.15, 0.2) is 0 Å². The Bertz CT molecular complexity index is 482. The van der Waals surface area contributed by atoms with E-state index in [1.807, 2.05) is 30.3 Å². The molecule has 0 heterocycles. The van der Waals surface area contributed by atoms with Crippen LogP contribution in [-0.4, -0.2) is 0 Å². The van der Waals surface area contributed by atoms with Gasteiger partial charge < -0.3 is 0 Å². The fraction of sp³-hybridized carbons (Fsp3) is 0.143. The molecule has 0 bridgehead atoms. The predicted molar refractivity (Wildman–Crippen MR) is 72.0 cm³/mol. The van der Waals surface area contributed by atoms with Gasteiger partial charge in [0.05, 0.1) is 0 Å². The Morgan fingerprint density at radius 2 is 1.76 bits per heavy atom. The second-order valence-electron chi connectivity index (χ2n) is 3.70. The molecule has 0 aliphatic heterocycles.